The molecule has 2 bridgehead atoms. The van der Waals surface area contributed by atoms with E-state index in [1.165, 1.54) is 0 Å². The maximum absolute atomic E-state index is 14.9. The lowest BCUT2D eigenvalue weighted by atomic mass is 9.66. The van der Waals surface area contributed by atoms with E-state index in [2.05, 4.69) is 20.1 Å². The SMILES string of the molecule is C=CCN(C)C(=O)[C@@H]1[C@H]2C(=O)N([C@@H](CO)[C@@H](C)CC)C(C(=O)N(CC=C)c3cc(C)ccc3C)C23CC[C@@]1(C)S3. The van der Waals surface area contributed by atoms with Gasteiger partial charge in [-0.1, -0.05) is 44.6 Å². The maximum atomic E-state index is 14.9. The normalized spacial score (nSPS) is 30.1. The molecule has 0 saturated carbocycles. The van der Waals surface area contributed by atoms with Crippen molar-refractivity contribution in [2.45, 2.75) is 75.5 Å². The second-order valence-electron chi connectivity index (χ2n) is 12.1. The summed E-state index contributed by atoms with van der Waals surface area (Å²) in [5.74, 6) is -1.64. The van der Waals surface area contributed by atoms with Crippen molar-refractivity contribution in [2.75, 3.05) is 31.6 Å². The molecule has 3 amide bonds. The molecule has 1 spiro atoms. The van der Waals surface area contributed by atoms with E-state index in [1.54, 1.807) is 45.7 Å². The van der Waals surface area contributed by atoms with E-state index in [-0.39, 0.29) is 30.2 Å². The van der Waals surface area contributed by atoms with Gasteiger partial charge >= 0.3 is 0 Å². The largest absolute Gasteiger partial charge is 0.394 e. The van der Waals surface area contributed by atoms with Gasteiger partial charge in [-0.05, 0) is 56.7 Å². The molecule has 4 rings (SSSR count). The van der Waals surface area contributed by atoms with Crippen molar-refractivity contribution in [3.63, 3.8) is 0 Å². The number of rotatable bonds is 11. The monoisotopic (exact) mass is 567 g/mol. The average Bonchev–Trinajstić information content (AvgIpc) is 3.49. The van der Waals surface area contributed by atoms with E-state index in [0.29, 0.717) is 19.5 Å². The number of aliphatic hydroxyl groups excluding tert-OH is 1. The van der Waals surface area contributed by atoms with Crippen LogP contribution in [0.5, 0.6) is 0 Å². The van der Waals surface area contributed by atoms with Gasteiger partial charge in [-0.3, -0.25) is 14.4 Å². The minimum atomic E-state index is -0.801. The highest BCUT2D eigenvalue weighted by Gasteiger charge is 2.78. The highest BCUT2D eigenvalue weighted by molar-refractivity contribution is 8.02. The predicted molar refractivity (Wildman–Crippen MR) is 162 cm³/mol. The molecule has 3 aliphatic heterocycles. The molecule has 218 valence electrons. The number of likely N-dealkylation sites (N-methyl/N-ethyl adjacent to an activating group) is 1. The number of thioether (sulfide) groups is 1. The number of carbonyl (C=O) groups excluding carboxylic acids is 3. The van der Waals surface area contributed by atoms with Gasteiger partial charge in [0.05, 0.1) is 29.2 Å². The highest BCUT2D eigenvalue weighted by Crippen LogP contribution is 2.72. The molecule has 7 nitrogen and oxygen atoms in total. The molecule has 3 saturated heterocycles. The number of anilines is 1. The van der Waals surface area contributed by atoms with E-state index in [9.17, 15) is 19.5 Å². The first-order valence-electron chi connectivity index (χ1n) is 14.4. The Morgan fingerprint density at radius 3 is 2.48 bits per heavy atom. The first-order chi connectivity index (χ1) is 18.9. The predicted octanol–water partition coefficient (Wildman–Crippen LogP) is 4.36. The summed E-state index contributed by atoms with van der Waals surface area (Å²) in [6.07, 6.45) is 5.56. The molecular formula is C32H45N3O4S. The summed E-state index contributed by atoms with van der Waals surface area (Å²) in [5, 5.41) is 10.6. The number of aryl methyl sites for hydroxylation is 2. The third-order valence-electron chi connectivity index (χ3n) is 9.57. The van der Waals surface area contributed by atoms with E-state index in [0.717, 1.165) is 29.7 Å². The molecule has 1 aromatic carbocycles. The molecular weight excluding hydrogens is 522 g/mol. The summed E-state index contributed by atoms with van der Waals surface area (Å²) in [6, 6.07) is 4.70. The number of hydrogen-bond acceptors (Lipinski definition) is 5. The zero-order chi connectivity index (χ0) is 29.6. The van der Waals surface area contributed by atoms with Crippen molar-refractivity contribution >= 4 is 35.2 Å². The number of benzene rings is 1. The van der Waals surface area contributed by atoms with Gasteiger partial charge in [-0.25, -0.2) is 0 Å². The summed E-state index contributed by atoms with van der Waals surface area (Å²) < 4.78 is -1.21. The fraction of sp³-hybridized carbons (Fsp3) is 0.594. The molecule has 8 heteroatoms. The van der Waals surface area contributed by atoms with Crippen LogP contribution < -0.4 is 4.90 Å². The van der Waals surface area contributed by atoms with Gasteiger partial charge < -0.3 is 19.8 Å². The van der Waals surface area contributed by atoms with Crippen LogP contribution in [0.4, 0.5) is 5.69 Å². The third kappa shape index (κ3) is 4.61. The number of hydrogen-bond donors (Lipinski definition) is 1. The smallest absolute Gasteiger partial charge is 0.251 e. The lowest BCUT2D eigenvalue weighted by molar-refractivity contribution is -0.146. The number of fused-ring (bicyclic) bond motifs is 1. The Balaban J connectivity index is 1.90. The number of aliphatic hydroxyl groups is 1. The van der Waals surface area contributed by atoms with E-state index in [4.69, 9.17) is 0 Å². The van der Waals surface area contributed by atoms with Crippen LogP contribution in [0.15, 0.2) is 43.5 Å². The van der Waals surface area contributed by atoms with Crippen molar-refractivity contribution in [3.05, 3.63) is 54.6 Å². The zero-order valence-corrected chi connectivity index (χ0v) is 25.7. The van der Waals surface area contributed by atoms with Crippen molar-refractivity contribution in [2.24, 2.45) is 17.8 Å². The number of amides is 3. The molecule has 0 aromatic heterocycles. The van der Waals surface area contributed by atoms with E-state index >= 15 is 0 Å². The zero-order valence-electron chi connectivity index (χ0n) is 24.9. The maximum Gasteiger partial charge on any atom is 0.251 e. The van der Waals surface area contributed by atoms with Gasteiger partial charge in [0.25, 0.3) is 5.91 Å². The van der Waals surface area contributed by atoms with Crippen LogP contribution in [-0.4, -0.2) is 80.9 Å². The Labute approximate surface area is 243 Å². The van der Waals surface area contributed by atoms with E-state index < -0.39 is 33.4 Å². The number of nitrogens with zero attached hydrogens (tertiary/aromatic N) is 3. The Bertz CT molecular complexity index is 1200. The van der Waals surface area contributed by atoms with Crippen LogP contribution in [0, 0.1) is 31.6 Å². The minimum Gasteiger partial charge on any atom is -0.394 e. The Hall–Kier alpha value is -2.58. The number of carbonyl (C=O) groups is 3. The fourth-order valence-corrected chi connectivity index (χ4v) is 9.64. The summed E-state index contributed by atoms with van der Waals surface area (Å²) >= 11 is 1.66. The summed E-state index contributed by atoms with van der Waals surface area (Å²) in [7, 11) is 1.75. The van der Waals surface area contributed by atoms with Gasteiger partial charge in [-0.15, -0.1) is 24.9 Å². The molecule has 40 heavy (non-hydrogen) atoms. The molecule has 1 aromatic rings. The average molecular weight is 568 g/mol. The third-order valence-corrected chi connectivity index (χ3v) is 11.6. The molecule has 7 atom stereocenters. The van der Waals surface area contributed by atoms with Crippen molar-refractivity contribution in [3.8, 4) is 0 Å². The minimum absolute atomic E-state index is 0.0246. The van der Waals surface area contributed by atoms with Crippen LogP contribution in [-0.2, 0) is 14.4 Å². The second-order valence-corrected chi connectivity index (χ2v) is 14.0. The van der Waals surface area contributed by atoms with Crippen LogP contribution in [0.2, 0.25) is 0 Å². The summed E-state index contributed by atoms with van der Waals surface area (Å²) in [5.41, 5.74) is 2.79. The van der Waals surface area contributed by atoms with Crippen LogP contribution in [0.1, 0.15) is 51.2 Å². The Morgan fingerprint density at radius 1 is 1.20 bits per heavy atom. The van der Waals surface area contributed by atoms with Gasteiger partial charge in [0.15, 0.2) is 0 Å². The lowest BCUT2D eigenvalue weighted by Gasteiger charge is -2.41. The van der Waals surface area contributed by atoms with Crippen molar-refractivity contribution in [1.29, 1.82) is 0 Å². The van der Waals surface area contributed by atoms with Gasteiger partial charge in [0, 0.05) is 30.6 Å². The Morgan fingerprint density at radius 2 is 1.88 bits per heavy atom. The summed E-state index contributed by atoms with van der Waals surface area (Å²) in [4.78, 5) is 48.5. The molecule has 3 aliphatic rings. The number of likely N-dealkylation sites (tertiary alicyclic amines) is 1. The second kappa shape index (κ2) is 11.4. The molecule has 0 radical (unpaired) electrons. The van der Waals surface area contributed by atoms with Crippen molar-refractivity contribution in [1.82, 2.24) is 9.80 Å². The highest BCUT2D eigenvalue weighted by atomic mass is 32.2. The standard InChI is InChI=1S/C32H45N3O4S/c1-9-16-33(8)28(37)25-26-29(38)35(24(19-36)21(5)11-3)27(32(26)15-14-31(25,7)40-32)30(39)34(17-10-2)23-18-20(4)12-13-22(23)6/h9-10,12-13,18,21,24-27,36H,1-2,11,14-17,19H2,3-8H3/t21-,24-,25-,26-,27?,31+,32?/m0/s1. The van der Waals surface area contributed by atoms with Crippen LogP contribution in [0.3, 0.4) is 0 Å². The topological polar surface area (TPSA) is 81.2 Å². The van der Waals surface area contributed by atoms with Gasteiger partial charge in [0.1, 0.15) is 6.04 Å². The Kier molecular flexibility index (Phi) is 8.63. The van der Waals surface area contributed by atoms with E-state index in [1.807, 2.05) is 45.9 Å². The molecule has 3 fully saturated rings. The van der Waals surface area contributed by atoms with Crippen molar-refractivity contribution < 1.29 is 19.5 Å². The first-order valence-corrected chi connectivity index (χ1v) is 15.2. The van der Waals surface area contributed by atoms with Gasteiger partial charge in [-0.2, -0.15) is 0 Å². The van der Waals surface area contributed by atoms with Crippen LogP contribution >= 0.6 is 11.8 Å². The first kappa shape index (κ1) is 30.4. The van der Waals surface area contributed by atoms with Gasteiger partial charge in [0.2, 0.25) is 11.8 Å². The molecule has 2 unspecified atom stereocenters. The molecule has 0 aliphatic carbocycles. The van der Waals surface area contributed by atoms with Crippen LogP contribution in [0.25, 0.3) is 0 Å². The quantitative estimate of drug-likeness (QED) is 0.402. The molecule has 1 N–H and O–H groups in total. The summed E-state index contributed by atoms with van der Waals surface area (Å²) in [6.45, 7) is 18.3. The fourth-order valence-electron chi connectivity index (χ4n) is 7.31. The molecule has 3 heterocycles. The lowest BCUT2D eigenvalue weighted by Crippen LogP contribution is -2.58.